The molecule has 4 nitrogen and oxygen atoms in total. The number of amides is 1. The summed E-state index contributed by atoms with van der Waals surface area (Å²) in [4.78, 5) is 19.5. The van der Waals surface area contributed by atoms with Gasteiger partial charge in [0.25, 0.3) is 5.91 Å². The number of aromatic nitrogens is 2. The van der Waals surface area contributed by atoms with Crippen molar-refractivity contribution in [3.8, 4) is 0 Å². The molecule has 1 heterocycles. The molecule has 0 atom stereocenters. The van der Waals surface area contributed by atoms with E-state index in [1.807, 2.05) is 30.3 Å². The number of anilines is 1. The highest BCUT2D eigenvalue weighted by Crippen LogP contribution is 2.23. The molecule has 3 aromatic rings. The van der Waals surface area contributed by atoms with Gasteiger partial charge in [0, 0.05) is 11.3 Å². The van der Waals surface area contributed by atoms with Gasteiger partial charge < -0.3 is 10.3 Å². The number of fused-ring (bicyclic) bond motifs is 1. The number of rotatable bonds is 2. The normalized spacial score (nSPS) is 11.6. The lowest BCUT2D eigenvalue weighted by molar-refractivity contribution is 0.102. The molecule has 0 aliphatic heterocycles. The fraction of sp³-hybridized carbons (Fsp3) is 0.222. The summed E-state index contributed by atoms with van der Waals surface area (Å²) in [5, 5.41) is 2.92. The fourth-order valence-electron chi connectivity index (χ4n) is 2.33. The Hall–Kier alpha value is -2.62. The lowest BCUT2D eigenvalue weighted by Gasteiger charge is -2.19. The van der Waals surface area contributed by atoms with E-state index in [0.717, 1.165) is 16.7 Å². The number of benzene rings is 2. The molecule has 0 aliphatic carbocycles. The van der Waals surface area contributed by atoms with E-state index < -0.39 is 0 Å². The largest absolute Gasteiger partial charge is 0.345 e. The Morgan fingerprint density at radius 3 is 2.50 bits per heavy atom. The summed E-state index contributed by atoms with van der Waals surface area (Å²) in [6.07, 6.45) is 1.62. The molecule has 3 rings (SSSR count). The zero-order chi connectivity index (χ0) is 15.7. The Morgan fingerprint density at radius 2 is 1.82 bits per heavy atom. The molecule has 1 amide bonds. The predicted molar refractivity (Wildman–Crippen MR) is 89.2 cm³/mol. The molecule has 0 fully saturated rings. The van der Waals surface area contributed by atoms with Crippen LogP contribution < -0.4 is 5.32 Å². The van der Waals surface area contributed by atoms with Crippen molar-refractivity contribution >= 4 is 22.6 Å². The molecule has 2 aromatic carbocycles. The van der Waals surface area contributed by atoms with Crippen LogP contribution in [0.5, 0.6) is 0 Å². The number of aromatic amines is 1. The van der Waals surface area contributed by atoms with Crippen LogP contribution in [0.1, 0.15) is 36.7 Å². The second-order valence-corrected chi connectivity index (χ2v) is 6.42. The van der Waals surface area contributed by atoms with Crippen molar-refractivity contribution in [3.63, 3.8) is 0 Å². The Labute approximate surface area is 129 Å². The van der Waals surface area contributed by atoms with Gasteiger partial charge in [0.2, 0.25) is 0 Å². The van der Waals surface area contributed by atoms with Crippen molar-refractivity contribution in [1.29, 1.82) is 0 Å². The molecule has 22 heavy (non-hydrogen) atoms. The minimum atomic E-state index is -0.125. The molecular formula is C18H19N3O. The highest BCUT2D eigenvalue weighted by atomic mass is 16.1. The maximum Gasteiger partial charge on any atom is 0.255 e. The lowest BCUT2D eigenvalue weighted by atomic mass is 9.87. The highest BCUT2D eigenvalue weighted by Gasteiger charge is 2.13. The first-order valence-corrected chi connectivity index (χ1v) is 7.28. The van der Waals surface area contributed by atoms with E-state index in [9.17, 15) is 4.79 Å². The number of H-pyrrole nitrogens is 1. The first kappa shape index (κ1) is 14.3. The molecule has 0 radical (unpaired) electrons. The van der Waals surface area contributed by atoms with Gasteiger partial charge in [-0.05, 0) is 41.3 Å². The number of carbonyl (C=O) groups excluding carboxylic acids is 1. The topological polar surface area (TPSA) is 57.8 Å². The molecule has 0 unspecified atom stereocenters. The third kappa shape index (κ3) is 2.86. The van der Waals surface area contributed by atoms with Crippen LogP contribution in [-0.4, -0.2) is 15.9 Å². The van der Waals surface area contributed by atoms with Crippen LogP contribution in [0.25, 0.3) is 11.0 Å². The van der Waals surface area contributed by atoms with Crippen molar-refractivity contribution in [2.45, 2.75) is 26.2 Å². The van der Waals surface area contributed by atoms with Crippen LogP contribution in [0.2, 0.25) is 0 Å². The molecule has 0 aliphatic rings. The maximum absolute atomic E-state index is 12.3. The van der Waals surface area contributed by atoms with E-state index in [1.54, 1.807) is 18.5 Å². The van der Waals surface area contributed by atoms with Crippen LogP contribution >= 0.6 is 0 Å². The molecule has 0 spiro atoms. The smallest absolute Gasteiger partial charge is 0.255 e. The molecule has 2 N–H and O–H groups in total. The summed E-state index contributed by atoms with van der Waals surface area (Å²) in [5.74, 6) is -0.125. The zero-order valence-electron chi connectivity index (χ0n) is 13.0. The van der Waals surface area contributed by atoms with Gasteiger partial charge >= 0.3 is 0 Å². The minimum Gasteiger partial charge on any atom is -0.345 e. The number of nitrogens with zero attached hydrogens (tertiary/aromatic N) is 1. The average Bonchev–Trinajstić information content (AvgIpc) is 2.94. The van der Waals surface area contributed by atoms with Gasteiger partial charge in [-0.3, -0.25) is 4.79 Å². The number of hydrogen-bond acceptors (Lipinski definition) is 2. The van der Waals surface area contributed by atoms with E-state index in [1.165, 1.54) is 5.56 Å². The van der Waals surface area contributed by atoms with Crippen molar-refractivity contribution in [2.24, 2.45) is 0 Å². The third-order valence-corrected chi connectivity index (χ3v) is 3.69. The molecule has 0 saturated carbocycles. The van der Waals surface area contributed by atoms with Crippen LogP contribution in [0.4, 0.5) is 5.69 Å². The van der Waals surface area contributed by atoms with Gasteiger partial charge in [0.1, 0.15) is 0 Å². The van der Waals surface area contributed by atoms with Crippen LogP contribution in [0.15, 0.2) is 48.8 Å². The monoisotopic (exact) mass is 293 g/mol. The third-order valence-electron chi connectivity index (χ3n) is 3.69. The van der Waals surface area contributed by atoms with Gasteiger partial charge in [-0.25, -0.2) is 4.98 Å². The molecule has 0 saturated heterocycles. The van der Waals surface area contributed by atoms with Gasteiger partial charge in [-0.15, -0.1) is 0 Å². The first-order chi connectivity index (χ1) is 10.4. The van der Waals surface area contributed by atoms with Crippen LogP contribution in [0, 0.1) is 0 Å². The Morgan fingerprint density at radius 1 is 1.09 bits per heavy atom. The second kappa shape index (κ2) is 5.30. The van der Waals surface area contributed by atoms with E-state index in [0.29, 0.717) is 5.56 Å². The van der Waals surface area contributed by atoms with Gasteiger partial charge in [-0.1, -0.05) is 32.9 Å². The second-order valence-electron chi connectivity index (χ2n) is 6.42. The number of carbonyl (C=O) groups is 1. The summed E-state index contributed by atoms with van der Waals surface area (Å²) < 4.78 is 0. The summed E-state index contributed by atoms with van der Waals surface area (Å²) in [7, 11) is 0. The predicted octanol–water partition coefficient (Wildman–Crippen LogP) is 4.11. The molecule has 112 valence electrons. The number of hydrogen-bond donors (Lipinski definition) is 2. The standard InChI is InChI=1S/C18H19N3O/c1-18(2,3)13-5-7-14(8-6-13)21-17(22)12-4-9-15-16(10-12)20-11-19-15/h4-11H,1-3H3,(H,19,20)(H,21,22). The zero-order valence-corrected chi connectivity index (χ0v) is 13.0. The highest BCUT2D eigenvalue weighted by molar-refractivity contribution is 6.05. The van der Waals surface area contributed by atoms with Gasteiger partial charge in [-0.2, -0.15) is 0 Å². The van der Waals surface area contributed by atoms with E-state index in [2.05, 4.69) is 36.1 Å². The van der Waals surface area contributed by atoms with Gasteiger partial charge in [0.05, 0.1) is 17.4 Å². The van der Waals surface area contributed by atoms with Crippen LogP contribution in [0.3, 0.4) is 0 Å². The van der Waals surface area contributed by atoms with Crippen LogP contribution in [-0.2, 0) is 5.41 Å². The SMILES string of the molecule is CC(C)(C)c1ccc(NC(=O)c2ccc3nc[nH]c3c2)cc1. The molecule has 0 bridgehead atoms. The minimum absolute atomic E-state index is 0.105. The number of nitrogens with one attached hydrogen (secondary N) is 2. The lowest BCUT2D eigenvalue weighted by Crippen LogP contribution is -2.13. The van der Waals surface area contributed by atoms with Crippen molar-refractivity contribution in [1.82, 2.24) is 9.97 Å². The number of imidazole rings is 1. The fourth-order valence-corrected chi connectivity index (χ4v) is 2.33. The van der Waals surface area contributed by atoms with Crippen molar-refractivity contribution in [3.05, 3.63) is 59.9 Å². The summed E-state index contributed by atoms with van der Waals surface area (Å²) in [6.45, 7) is 6.50. The maximum atomic E-state index is 12.3. The van der Waals surface area contributed by atoms with Crippen molar-refractivity contribution < 1.29 is 4.79 Å². The summed E-state index contributed by atoms with van der Waals surface area (Å²) >= 11 is 0. The summed E-state index contributed by atoms with van der Waals surface area (Å²) in [6, 6.07) is 13.4. The molecule has 1 aromatic heterocycles. The van der Waals surface area contributed by atoms with Crippen molar-refractivity contribution in [2.75, 3.05) is 5.32 Å². The van der Waals surface area contributed by atoms with Gasteiger partial charge in [0.15, 0.2) is 0 Å². The Bertz CT molecular complexity index is 810. The Balaban J connectivity index is 1.78. The average molecular weight is 293 g/mol. The quantitative estimate of drug-likeness (QED) is 0.747. The first-order valence-electron chi connectivity index (χ1n) is 7.28. The Kier molecular flexibility index (Phi) is 3.45. The van der Waals surface area contributed by atoms with E-state index in [4.69, 9.17) is 0 Å². The molecular weight excluding hydrogens is 274 g/mol. The van der Waals surface area contributed by atoms with E-state index in [-0.39, 0.29) is 11.3 Å². The molecule has 4 heteroatoms. The van der Waals surface area contributed by atoms with E-state index >= 15 is 0 Å². The summed E-state index contributed by atoms with van der Waals surface area (Å²) in [5.41, 5.74) is 4.46.